The van der Waals surface area contributed by atoms with Crippen LogP contribution in [0.1, 0.15) is 0 Å². The SMILES string of the molecule is O=[14CH]C1N=CN=N1. The van der Waals surface area contributed by atoms with Crippen LogP contribution in [0, 0.1) is 0 Å². The lowest BCUT2D eigenvalue weighted by Crippen LogP contribution is -1.95. The normalized spacial score (nSPS) is 26.0. The van der Waals surface area contributed by atoms with Gasteiger partial charge < -0.3 is 0 Å². The maximum absolute atomic E-state index is 9.74. The molecule has 4 nitrogen and oxygen atoms in total. The smallest absolute Gasteiger partial charge is 0.217 e. The molecule has 4 heteroatoms. The highest BCUT2D eigenvalue weighted by atomic mass is 16.3. The summed E-state index contributed by atoms with van der Waals surface area (Å²) in [5.41, 5.74) is 0. The van der Waals surface area contributed by atoms with Crippen LogP contribution in [0.15, 0.2) is 15.2 Å². The van der Waals surface area contributed by atoms with Crippen LogP contribution in [-0.4, -0.2) is 18.8 Å². The van der Waals surface area contributed by atoms with E-state index in [4.69, 9.17) is 0 Å². The summed E-state index contributed by atoms with van der Waals surface area (Å²) in [5.74, 6) is 0. The van der Waals surface area contributed by atoms with Crippen LogP contribution in [0.3, 0.4) is 0 Å². The van der Waals surface area contributed by atoms with Crippen LogP contribution in [0.2, 0.25) is 0 Å². The Labute approximate surface area is 40.0 Å². The molecule has 0 fully saturated rings. The predicted octanol–water partition coefficient (Wildman–Crippen LogP) is 0.00550. The minimum Gasteiger partial charge on any atom is -0.299 e. The highest BCUT2D eigenvalue weighted by molar-refractivity contribution is 5.66. The molecule has 36 valence electrons. The van der Waals surface area contributed by atoms with Crippen molar-refractivity contribution in [3.63, 3.8) is 0 Å². The third-order valence-corrected chi connectivity index (χ3v) is 0.578. The molecule has 0 saturated heterocycles. The van der Waals surface area contributed by atoms with Gasteiger partial charge in [-0.15, -0.1) is 5.11 Å². The van der Waals surface area contributed by atoms with E-state index in [2.05, 4.69) is 15.2 Å². The topological polar surface area (TPSA) is 54.1 Å². The van der Waals surface area contributed by atoms with Crippen LogP contribution < -0.4 is 0 Å². The largest absolute Gasteiger partial charge is 0.299 e. The lowest BCUT2D eigenvalue weighted by atomic mass is 11.0. The Hall–Kier alpha value is -1.06. The molecule has 1 aliphatic heterocycles. The molecule has 0 aromatic heterocycles. The average molecular weight is 99.1 g/mol. The molecule has 0 aromatic carbocycles. The summed E-state index contributed by atoms with van der Waals surface area (Å²) in [6, 6.07) is 0. The maximum atomic E-state index is 9.74. The fourth-order valence-corrected chi connectivity index (χ4v) is 0.288. The van der Waals surface area contributed by atoms with Gasteiger partial charge in [0.25, 0.3) is 0 Å². The molecule has 0 saturated carbocycles. The Morgan fingerprint density at radius 3 is 2.86 bits per heavy atom. The molecule has 1 unspecified atom stereocenters. The van der Waals surface area contributed by atoms with E-state index in [0.717, 1.165) is 0 Å². The molecule has 1 aliphatic rings. The zero-order chi connectivity index (χ0) is 5.11. The van der Waals surface area contributed by atoms with E-state index in [9.17, 15) is 4.79 Å². The Morgan fingerprint density at radius 1 is 1.71 bits per heavy atom. The van der Waals surface area contributed by atoms with Crippen LogP contribution in [0.5, 0.6) is 0 Å². The second-order valence-electron chi connectivity index (χ2n) is 1.05. The summed E-state index contributed by atoms with van der Waals surface area (Å²) in [5, 5.41) is 6.73. The van der Waals surface area contributed by atoms with Crippen molar-refractivity contribution in [2.24, 2.45) is 15.2 Å². The summed E-state index contributed by atoms with van der Waals surface area (Å²) in [6.07, 6.45) is 1.34. The summed E-state index contributed by atoms with van der Waals surface area (Å²) in [7, 11) is 0. The molecule has 1 atom stereocenters. The number of aldehydes is 1. The minimum atomic E-state index is -0.556. The predicted molar refractivity (Wildman–Crippen MR) is 23.2 cm³/mol. The lowest BCUT2D eigenvalue weighted by Gasteiger charge is -1.80. The van der Waals surface area contributed by atoms with Crippen LogP contribution in [0.25, 0.3) is 0 Å². The van der Waals surface area contributed by atoms with E-state index in [1.54, 1.807) is 0 Å². The minimum absolute atomic E-state index is 0.556. The Bertz CT molecular complexity index is 116. The number of hydrogen-bond acceptors (Lipinski definition) is 4. The number of carbonyl (C=O) groups excluding carboxylic acids is 1. The molecule has 7 heavy (non-hydrogen) atoms. The first-order chi connectivity index (χ1) is 3.43. The van der Waals surface area contributed by atoms with Gasteiger partial charge in [-0.1, -0.05) is 0 Å². The Morgan fingerprint density at radius 2 is 2.57 bits per heavy atom. The molecule has 0 aromatic rings. The van der Waals surface area contributed by atoms with E-state index < -0.39 is 6.17 Å². The van der Waals surface area contributed by atoms with Crippen molar-refractivity contribution in [2.45, 2.75) is 6.17 Å². The number of nitrogens with zero attached hydrogens (tertiary/aromatic N) is 3. The van der Waals surface area contributed by atoms with Gasteiger partial charge in [0.2, 0.25) is 6.17 Å². The number of hydrogen-bond donors (Lipinski definition) is 0. The molecule has 0 bridgehead atoms. The van der Waals surface area contributed by atoms with Crippen LogP contribution in [-0.2, 0) is 4.79 Å². The van der Waals surface area contributed by atoms with Crippen molar-refractivity contribution in [2.75, 3.05) is 0 Å². The second-order valence-corrected chi connectivity index (χ2v) is 1.05. The highest BCUT2D eigenvalue weighted by Crippen LogP contribution is 1.93. The molecule has 1 rings (SSSR count). The first-order valence-corrected chi connectivity index (χ1v) is 1.80. The van der Waals surface area contributed by atoms with Crippen molar-refractivity contribution in [3.05, 3.63) is 0 Å². The van der Waals surface area contributed by atoms with Gasteiger partial charge in [-0.05, 0) is 0 Å². The van der Waals surface area contributed by atoms with Crippen LogP contribution in [0.4, 0.5) is 0 Å². The van der Waals surface area contributed by atoms with E-state index >= 15 is 0 Å². The molecule has 1 heterocycles. The van der Waals surface area contributed by atoms with Gasteiger partial charge in [0, 0.05) is 0 Å². The Kier molecular flexibility index (Phi) is 0.934. The number of aliphatic imine (C=N–C) groups is 1. The zero-order valence-electron chi connectivity index (χ0n) is 3.48. The van der Waals surface area contributed by atoms with Gasteiger partial charge in [-0.2, -0.15) is 5.11 Å². The maximum Gasteiger partial charge on any atom is 0.217 e. The first-order valence-electron chi connectivity index (χ1n) is 1.80. The van der Waals surface area contributed by atoms with E-state index in [-0.39, 0.29) is 0 Å². The zero-order valence-corrected chi connectivity index (χ0v) is 3.48. The van der Waals surface area contributed by atoms with E-state index in [1.165, 1.54) is 6.34 Å². The van der Waals surface area contributed by atoms with Gasteiger partial charge in [-0.25, -0.2) is 4.99 Å². The standard InChI is InChI=1S/C3H3N3O/c7-1-3-4-2-5-6-3/h1-3H/i1+2. The first kappa shape index (κ1) is 4.11. The van der Waals surface area contributed by atoms with Crippen LogP contribution >= 0.6 is 0 Å². The number of carbonyl (C=O) groups is 1. The van der Waals surface area contributed by atoms with Gasteiger partial charge in [-0.3, -0.25) is 4.79 Å². The number of azo groups is 1. The summed E-state index contributed by atoms with van der Waals surface area (Å²) < 4.78 is 0. The van der Waals surface area contributed by atoms with Crippen molar-refractivity contribution < 1.29 is 4.79 Å². The van der Waals surface area contributed by atoms with E-state index in [1.807, 2.05) is 0 Å². The molecule has 0 spiro atoms. The summed E-state index contributed by atoms with van der Waals surface area (Å²) >= 11 is 0. The van der Waals surface area contributed by atoms with Gasteiger partial charge >= 0.3 is 0 Å². The van der Waals surface area contributed by atoms with Crippen molar-refractivity contribution in [3.8, 4) is 0 Å². The fourth-order valence-electron chi connectivity index (χ4n) is 0.288. The Balaban J connectivity index is 2.59. The third-order valence-electron chi connectivity index (χ3n) is 0.578. The van der Waals surface area contributed by atoms with Crippen molar-refractivity contribution in [1.82, 2.24) is 0 Å². The summed E-state index contributed by atoms with van der Waals surface area (Å²) in [4.78, 5) is 13.3. The van der Waals surface area contributed by atoms with E-state index in [0.29, 0.717) is 6.29 Å². The molecule has 0 aliphatic carbocycles. The second kappa shape index (κ2) is 1.59. The van der Waals surface area contributed by atoms with Crippen molar-refractivity contribution in [1.29, 1.82) is 0 Å². The molecule has 0 radical (unpaired) electrons. The lowest BCUT2D eigenvalue weighted by molar-refractivity contribution is -0.108. The fraction of sp³-hybridized carbons (Fsp3) is 0.333. The van der Waals surface area contributed by atoms with Crippen molar-refractivity contribution >= 4 is 12.6 Å². The van der Waals surface area contributed by atoms with Gasteiger partial charge in [0.05, 0.1) is 0 Å². The molecule has 0 N–H and O–H groups in total. The highest BCUT2D eigenvalue weighted by Gasteiger charge is 2.01. The quantitative estimate of drug-likeness (QED) is 0.427. The summed E-state index contributed by atoms with van der Waals surface area (Å²) in [6.45, 7) is 0. The molecular formula is C3H3N3O. The van der Waals surface area contributed by atoms with Gasteiger partial charge in [0.15, 0.2) is 6.29 Å². The molecule has 0 amide bonds. The number of rotatable bonds is 1. The average Bonchev–Trinajstić information content (AvgIpc) is 2.14. The third kappa shape index (κ3) is 0.677. The van der Waals surface area contributed by atoms with Gasteiger partial charge in [0.1, 0.15) is 6.34 Å². The molecular weight excluding hydrogens is 96.0 g/mol. The monoisotopic (exact) mass is 99.0 g/mol.